The number of carbonyl (C=O) groups is 1. The van der Waals surface area contributed by atoms with E-state index >= 15 is 0 Å². The minimum atomic E-state index is -0.786. The molecule has 1 aromatic carbocycles. The summed E-state index contributed by atoms with van der Waals surface area (Å²) in [6.45, 7) is 3.14. The molecule has 0 fully saturated rings. The Labute approximate surface area is 84.8 Å². The molecule has 0 bridgehead atoms. The molecule has 0 aliphatic heterocycles. The summed E-state index contributed by atoms with van der Waals surface area (Å²) in [6, 6.07) is 9.13. The van der Waals surface area contributed by atoms with E-state index in [-0.39, 0.29) is 6.42 Å². The topological polar surface area (TPSA) is 49.3 Å². The maximum Gasteiger partial charge on any atom is 0.307 e. The number of carboxylic acid groups (broad SMARTS) is 1. The quantitative estimate of drug-likeness (QED) is 0.769. The van der Waals surface area contributed by atoms with Gasteiger partial charge in [-0.15, -0.1) is 0 Å². The monoisotopic (exact) mass is 195 g/mol. The van der Waals surface area contributed by atoms with Crippen molar-refractivity contribution in [3.63, 3.8) is 0 Å². The number of rotatable bonds is 3. The minimum absolute atomic E-state index is 0.112. The van der Waals surface area contributed by atoms with Crippen LogP contribution in [0.2, 0.25) is 0 Å². The fraction of sp³-hybridized carbons (Fsp3) is 0.364. The highest BCUT2D eigenvalue weighted by Crippen LogP contribution is 1.98. The lowest BCUT2D eigenvalue weighted by Crippen LogP contribution is -2.01. The molecule has 0 aliphatic carbocycles. The normalized spacial score (nSPS) is 8.71. The fourth-order valence-electron chi connectivity index (χ4n) is 0.770. The molecule has 3 heteroatoms. The Morgan fingerprint density at radius 1 is 1.36 bits per heavy atom. The number of hydrogen-bond donors (Lipinski definition) is 2. The predicted molar refractivity (Wildman–Crippen MR) is 57.4 cm³/mol. The molecule has 0 radical (unpaired) electrons. The SMILES string of the molecule is CCNC.O=C(O)Cc1ccccc1. The van der Waals surface area contributed by atoms with E-state index in [0.29, 0.717) is 0 Å². The summed E-state index contributed by atoms with van der Waals surface area (Å²) in [5, 5.41) is 11.3. The highest BCUT2D eigenvalue weighted by atomic mass is 16.4. The molecule has 0 unspecified atom stereocenters. The van der Waals surface area contributed by atoms with Crippen molar-refractivity contribution in [3.05, 3.63) is 35.9 Å². The third-order valence-electron chi connectivity index (χ3n) is 1.55. The lowest BCUT2D eigenvalue weighted by atomic mass is 10.2. The van der Waals surface area contributed by atoms with Gasteiger partial charge < -0.3 is 10.4 Å². The third kappa shape index (κ3) is 7.31. The van der Waals surface area contributed by atoms with Crippen LogP contribution in [0.25, 0.3) is 0 Å². The third-order valence-corrected chi connectivity index (χ3v) is 1.55. The van der Waals surface area contributed by atoms with E-state index in [1.54, 1.807) is 12.1 Å². The molecule has 1 rings (SSSR count). The Kier molecular flexibility index (Phi) is 7.46. The average Bonchev–Trinajstić information content (AvgIpc) is 2.19. The summed E-state index contributed by atoms with van der Waals surface area (Å²) in [4.78, 5) is 10.2. The zero-order valence-electron chi connectivity index (χ0n) is 8.66. The molecule has 0 saturated carbocycles. The van der Waals surface area contributed by atoms with Crippen LogP contribution >= 0.6 is 0 Å². The van der Waals surface area contributed by atoms with Crippen LogP contribution in [-0.2, 0) is 11.2 Å². The molecule has 3 nitrogen and oxygen atoms in total. The van der Waals surface area contributed by atoms with Crippen LogP contribution in [0.5, 0.6) is 0 Å². The second-order valence-corrected chi connectivity index (χ2v) is 2.76. The molecule has 1 aromatic rings. The molecule has 0 heterocycles. The summed E-state index contributed by atoms with van der Waals surface area (Å²) in [7, 11) is 1.93. The van der Waals surface area contributed by atoms with Gasteiger partial charge in [-0.3, -0.25) is 4.79 Å². The van der Waals surface area contributed by atoms with Crippen LogP contribution < -0.4 is 5.32 Å². The molecular weight excluding hydrogens is 178 g/mol. The van der Waals surface area contributed by atoms with Crippen molar-refractivity contribution < 1.29 is 9.90 Å². The number of nitrogens with one attached hydrogen (secondary N) is 1. The van der Waals surface area contributed by atoms with Crippen molar-refractivity contribution in [2.75, 3.05) is 13.6 Å². The first-order valence-electron chi connectivity index (χ1n) is 4.61. The van der Waals surface area contributed by atoms with Crippen molar-refractivity contribution in [2.24, 2.45) is 0 Å². The highest BCUT2D eigenvalue weighted by molar-refractivity contribution is 5.70. The van der Waals surface area contributed by atoms with E-state index in [9.17, 15) is 4.79 Å². The van der Waals surface area contributed by atoms with Crippen molar-refractivity contribution in [3.8, 4) is 0 Å². The number of carboxylic acids is 1. The van der Waals surface area contributed by atoms with E-state index in [4.69, 9.17) is 5.11 Å². The Bertz CT molecular complexity index is 245. The molecule has 2 N–H and O–H groups in total. The second-order valence-electron chi connectivity index (χ2n) is 2.76. The lowest BCUT2D eigenvalue weighted by molar-refractivity contribution is -0.136. The van der Waals surface area contributed by atoms with Crippen LogP contribution in [0.3, 0.4) is 0 Å². The van der Waals surface area contributed by atoms with E-state index < -0.39 is 5.97 Å². The molecule has 14 heavy (non-hydrogen) atoms. The Morgan fingerprint density at radius 2 is 1.86 bits per heavy atom. The summed E-state index contributed by atoms with van der Waals surface area (Å²) >= 11 is 0. The average molecular weight is 195 g/mol. The summed E-state index contributed by atoms with van der Waals surface area (Å²) < 4.78 is 0. The minimum Gasteiger partial charge on any atom is -0.481 e. The van der Waals surface area contributed by atoms with E-state index in [0.717, 1.165) is 12.1 Å². The largest absolute Gasteiger partial charge is 0.481 e. The van der Waals surface area contributed by atoms with Crippen LogP contribution in [0.1, 0.15) is 12.5 Å². The van der Waals surface area contributed by atoms with Gasteiger partial charge >= 0.3 is 5.97 Å². The van der Waals surface area contributed by atoms with Crippen LogP contribution in [0, 0.1) is 0 Å². The summed E-state index contributed by atoms with van der Waals surface area (Å²) in [5.41, 5.74) is 0.843. The zero-order chi connectivity index (χ0) is 10.8. The van der Waals surface area contributed by atoms with Crippen molar-refractivity contribution in [2.45, 2.75) is 13.3 Å². The first kappa shape index (κ1) is 12.7. The van der Waals surface area contributed by atoms with Gasteiger partial charge in [-0.1, -0.05) is 37.3 Å². The molecule has 0 aliphatic rings. The van der Waals surface area contributed by atoms with E-state index in [1.807, 2.05) is 25.2 Å². The van der Waals surface area contributed by atoms with Crippen LogP contribution in [0.4, 0.5) is 0 Å². The Hall–Kier alpha value is -1.35. The zero-order valence-corrected chi connectivity index (χ0v) is 8.66. The molecular formula is C11H17NO2. The Morgan fingerprint density at radius 3 is 2.21 bits per heavy atom. The van der Waals surface area contributed by atoms with Crippen molar-refractivity contribution in [1.29, 1.82) is 0 Å². The second kappa shape index (κ2) is 8.26. The Balaban J connectivity index is 0.000000364. The van der Waals surface area contributed by atoms with Crippen molar-refractivity contribution in [1.82, 2.24) is 5.32 Å². The maximum absolute atomic E-state index is 10.2. The van der Waals surface area contributed by atoms with Gasteiger partial charge in [-0.25, -0.2) is 0 Å². The molecule has 0 saturated heterocycles. The number of hydrogen-bond acceptors (Lipinski definition) is 2. The van der Waals surface area contributed by atoms with Gasteiger partial charge in [-0.05, 0) is 19.2 Å². The van der Waals surface area contributed by atoms with Gasteiger partial charge in [0.05, 0.1) is 6.42 Å². The first-order valence-corrected chi connectivity index (χ1v) is 4.61. The first-order chi connectivity index (χ1) is 6.70. The highest BCUT2D eigenvalue weighted by Gasteiger charge is 1.96. The van der Waals surface area contributed by atoms with E-state index in [1.165, 1.54) is 0 Å². The maximum atomic E-state index is 10.2. The molecule has 0 atom stereocenters. The number of benzene rings is 1. The van der Waals surface area contributed by atoms with Crippen LogP contribution in [0.15, 0.2) is 30.3 Å². The van der Waals surface area contributed by atoms with Gasteiger partial charge in [0.25, 0.3) is 0 Å². The fourth-order valence-corrected chi connectivity index (χ4v) is 0.770. The smallest absolute Gasteiger partial charge is 0.307 e. The molecule has 0 spiro atoms. The molecule has 0 aromatic heterocycles. The van der Waals surface area contributed by atoms with E-state index in [2.05, 4.69) is 12.2 Å². The van der Waals surface area contributed by atoms with Crippen molar-refractivity contribution >= 4 is 5.97 Å². The van der Waals surface area contributed by atoms with Crippen LogP contribution in [-0.4, -0.2) is 24.7 Å². The predicted octanol–water partition coefficient (Wildman–Crippen LogP) is 1.54. The van der Waals surface area contributed by atoms with Gasteiger partial charge in [0, 0.05) is 0 Å². The summed E-state index contributed by atoms with van der Waals surface area (Å²) in [5.74, 6) is -0.786. The van der Waals surface area contributed by atoms with Gasteiger partial charge in [0.15, 0.2) is 0 Å². The summed E-state index contributed by atoms with van der Waals surface area (Å²) in [6.07, 6.45) is 0.112. The van der Waals surface area contributed by atoms with Gasteiger partial charge in [-0.2, -0.15) is 0 Å². The molecule has 0 amide bonds. The van der Waals surface area contributed by atoms with Gasteiger partial charge in [0.2, 0.25) is 0 Å². The lowest BCUT2D eigenvalue weighted by Gasteiger charge is -1.92. The van der Waals surface area contributed by atoms with Gasteiger partial charge in [0.1, 0.15) is 0 Å². The molecule has 78 valence electrons. The number of aliphatic carboxylic acids is 1. The standard InChI is InChI=1S/C8H8O2.C3H9N/c9-8(10)6-7-4-2-1-3-5-7;1-3-4-2/h1-5H,6H2,(H,9,10);4H,3H2,1-2H3.